The first-order valence-corrected chi connectivity index (χ1v) is 6.86. The number of amides is 1. The van der Waals surface area contributed by atoms with E-state index in [1.807, 2.05) is 0 Å². The molecule has 0 saturated carbocycles. The molecule has 0 aromatic heterocycles. The summed E-state index contributed by atoms with van der Waals surface area (Å²) >= 11 is 3.00. The summed E-state index contributed by atoms with van der Waals surface area (Å²) in [6, 6.07) is 3.57. The minimum atomic E-state index is -4.56. The zero-order valence-electron chi connectivity index (χ0n) is 10.7. The Morgan fingerprint density at radius 3 is 2.75 bits per heavy atom. The second-order valence-electron chi connectivity index (χ2n) is 4.62. The predicted octanol–water partition coefficient (Wildman–Crippen LogP) is 3.33. The Morgan fingerprint density at radius 1 is 1.45 bits per heavy atom. The van der Waals surface area contributed by atoms with Crippen LogP contribution in [0.2, 0.25) is 0 Å². The summed E-state index contributed by atoms with van der Waals surface area (Å²) < 4.78 is 44.6. The van der Waals surface area contributed by atoms with Crippen LogP contribution in [0, 0.1) is 0 Å². The lowest BCUT2D eigenvalue weighted by Crippen LogP contribution is -2.45. The van der Waals surface area contributed by atoms with Gasteiger partial charge in [-0.05, 0) is 25.1 Å². The zero-order chi connectivity index (χ0) is 14.9. The van der Waals surface area contributed by atoms with Crippen molar-refractivity contribution >= 4 is 21.8 Å². The van der Waals surface area contributed by atoms with Crippen LogP contribution >= 0.6 is 15.9 Å². The largest absolute Gasteiger partial charge is 0.417 e. The highest BCUT2D eigenvalue weighted by molar-refractivity contribution is 9.10. The maximum absolute atomic E-state index is 13.0. The van der Waals surface area contributed by atoms with E-state index in [0.717, 1.165) is 6.07 Å². The van der Waals surface area contributed by atoms with Gasteiger partial charge in [-0.3, -0.25) is 4.79 Å². The van der Waals surface area contributed by atoms with Gasteiger partial charge < -0.3 is 9.64 Å². The van der Waals surface area contributed by atoms with E-state index in [9.17, 15) is 18.0 Å². The van der Waals surface area contributed by atoms with Gasteiger partial charge in [0.2, 0.25) is 0 Å². The third-order valence-corrected chi connectivity index (χ3v) is 3.54. The molecule has 3 nitrogen and oxygen atoms in total. The van der Waals surface area contributed by atoms with Gasteiger partial charge in [-0.15, -0.1) is 0 Å². The van der Waals surface area contributed by atoms with E-state index < -0.39 is 17.6 Å². The van der Waals surface area contributed by atoms with Crippen molar-refractivity contribution in [3.63, 3.8) is 0 Å². The van der Waals surface area contributed by atoms with Crippen molar-refractivity contribution in [2.24, 2.45) is 0 Å². The molecule has 0 aliphatic carbocycles. The lowest BCUT2D eigenvalue weighted by Gasteiger charge is -2.31. The molecule has 1 saturated heterocycles. The number of hydrogen-bond acceptors (Lipinski definition) is 2. The topological polar surface area (TPSA) is 29.5 Å². The van der Waals surface area contributed by atoms with Crippen molar-refractivity contribution in [3.8, 4) is 0 Å². The highest BCUT2D eigenvalue weighted by Gasteiger charge is 2.37. The molecule has 1 fully saturated rings. The fraction of sp³-hybridized carbons (Fsp3) is 0.462. The molecule has 1 amide bonds. The van der Waals surface area contributed by atoms with Crippen LogP contribution in [0.3, 0.4) is 0 Å². The minimum Gasteiger partial charge on any atom is -0.375 e. The molecule has 1 aromatic carbocycles. The van der Waals surface area contributed by atoms with Gasteiger partial charge in [-0.1, -0.05) is 15.9 Å². The van der Waals surface area contributed by atoms with Crippen LogP contribution < -0.4 is 0 Å². The normalized spacial score (nSPS) is 20.1. The number of hydrogen-bond donors (Lipinski definition) is 0. The first-order valence-electron chi connectivity index (χ1n) is 6.06. The van der Waals surface area contributed by atoms with Gasteiger partial charge >= 0.3 is 6.18 Å². The molecule has 0 spiro atoms. The molecule has 1 unspecified atom stereocenters. The Labute approximate surface area is 122 Å². The third kappa shape index (κ3) is 3.32. The van der Waals surface area contributed by atoms with Crippen LogP contribution in [0.15, 0.2) is 22.7 Å². The van der Waals surface area contributed by atoms with E-state index in [2.05, 4.69) is 15.9 Å². The minimum absolute atomic E-state index is 0.169. The lowest BCUT2D eigenvalue weighted by molar-refractivity contribution is -0.138. The molecular formula is C13H13BrF3NO2. The van der Waals surface area contributed by atoms with Crippen molar-refractivity contribution in [2.75, 3.05) is 19.7 Å². The van der Waals surface area contributed by atoms with Crippen molar-refractivity contribution in [2.45, 2.75) is 19.2 Å². The van der Waals surface area contributed by atoms with Gasteiger partial charge in [0, 0.05) is 17.6 Å². The SMILES string of the molecule is CC1CN(C(=O)c2ccc(Br)cc2C(F)(F)F)CCO1. The Kier molecular flexibility index (Phi) is 4.39. The molecule has 0 bridgehead atoms. The molecule has 110 valence electrons. The molecule has 0 N–H and O–H groups in total. The van der Waals surface area contributed by atoms with Crippen LogP contribution in [0.4, 0.5) is 13.2 Å². The Bertz CT molecular complexity index is 519. The molecule has 1 aromatic rings. The van der Waals surface area contributed by atoms with Crippen molar-refractivity contribution in [1.29, 1.82) is 0 Å². The van der Waals surface area contributed by atoms with Crippen molar-refractivity contribution < 1.29 is 22.7 Å². The van der Waals surface area contributed by atoms with E-state index in [-0.39, 0.29) is 16.1 Å². The highest BCUT2D eigenvalue weighted by atomic mass is 79.9. The fourth-order valence-corrected chi connectivity index (χ4v) is 2.47. The number of halogens is 4. The maximum Gasteiger partial charge on any atom is 0.417 e. The Morgan fingerprint density at radius 2 is 2.15 bits per heavy atom. The molecule has 2 rings (SSSR count). The summed E-state index contributed by atoms with van der Waals surface area (Å²) in [5, 5.41) is 0. The highest BCUT2D eigenvalue weighted by Crippen LogP contribution is 2.34. The summed E-state index contributed by atoms with van der Waals surface area (Å²) in [5.41, 5.74) is -1.24. The quantitative estimate of drug-likeness (QED) is 0.776. The van der Waals surface area contributed by atoms with E-state index >= 15 is 0 Å². The van der Waals surface area contributed by atoms with Crippen molar-refractivity contribution in [3.05, 3.63) is 33.8 Å². The molecule has 0 radical (unpaired) electrons. The van der Waals surface area contributed by atoms with Crippen LogP contribution in [0.25, 0.3) is 0 Å². The first-order chi connectivity index (χ1) is 9.29. The molecule has 20 heavy (non-hydrogen) atoms. The number of nitrogens with zero attached hydrogens (tertiary/aromatic N) is 1. The average molecular weight is 352 g/mol. The zero-order valence-corrected chi connectivity index (χ0v) is 12.3. The summed E-state index contributed by atoms with van der Waals surface area (Å²) in [7, 11) is 0. The summed E-state index contributed by atoms with van der Waals surface area (Å²) in [6.45, 7) is 2.72. The molecule has 1 aliphatic heterocycles. The van der Waals surface area contributed by atoms with Gasteiger partial charge in [0.05, 0.1) is 23.8 Å². The molecule has 1 atom stereocenters. The Balaban J connectivity index is 2.34. The first kappa shape index (κ1) is 15.3. The van der Waals surface area contributed by atoms with Gasteiger partial charge in [0.1, 0.15) is 0 Å². The number of benzene rings is 1. The van der Waals surface area contributed by atoms with E-state index in [1.165, 1.54) is 17.0 Å². The van der Waals surface area contributed by atoms with Crippen LogP contribution in [-0.2, 0) is 10.9 Å². The van der Waals surface area contributed by atoms with Gasteiger partial charge in [0.15, 0.2) is 0 Å². The number of ether oxygens (including phenoxy) is 1. The second kappa shape index (κ2) is 5.73. The third-order valence-electron chi connectivity index (χ3n) is 3.05. The van der Waals surface area contributed by atoms with Gasteiger partial charge in [-0.25, -0.2) is 0 Å². The van der Waals surface area contributed by atoms with Crippen LogP contribution in [0.5, 0.6) is 0 Å². The fourth-order valence-electron chi connectivity index (χ4n) is 2.11. The number of morpholine rings is 1. The van der Waals surface area contributed by atoms with E-state index in [4.69, 9.17) is 4.74 Å². The summed E-state index contributed by atoms with van der Waals surface area (Å²) in [5.74, 6) is -0.611. The van der Waals surface area contributed by atoms with Gasteiger partial charge in [-0.2, -0.15) is 13.2 Å². The monoisotopic (exact) mass is 351 g/mol. The molecular weight excluding hydrogens is 339 g/mol. The van der Waals surface area contributed by atoms with Gasteiger partial charge in [0.25, 0.3) is 5.91 Å². The average Bonchev–Trinajstić information content (AvgIpc) is 2.37. The molecule has 1 heterocycles. The second-order valence-corrected chi connectivity index (χ2v) is 5.54. The summed E-state index contributed by atoms with van der Waals surface area (Å²) in [6.07, 6.45) is -4.73. The van der Waals surface area contributed by atoms with Crippen molar-refractivity contribution in [1.82, 2.24) is 4.90 Å². The van der Waals surface area contributed by atoms with E-state index in [0.29, 0.717) is 19.7 Å². The number of carbonyl (C=O) groups is 1. The summed E-state index contributed by atoms with van der Waals surface area (Å²) in [4.78, 5) is 13.7. The number of alkyl halides is 3. The standard InChI is InChI=1S/C13H13BrF3NO2/c1-8-7-18(4-5-20-8)12(19)10-3-2-9(14)6-11(10)13(15,16)17/h2-3,6,8H,4-5,7H2,1H3. The maximum atomic E-state index is 13.0. The Hall–Kier alpha value is -1.08. The smallest absolute Gasteiger partial charge is 0.375 e. The van der Waals surface area contributed by atoms with E-state index in [1.54, 1.807) is 6.92 Å². The van der Waals surface area contributed by atoms with Crippen LogP contribution in [-0.4, -0.2) is 36.6 Å². The number of carbonyl (C=O) groups excluding carboxylic acids is 1. The lowest BCUT2D eigenvalue weighted by atomic mass is 10.1. The molecule has 1 aliphatic rings. The van der Waals surface area contributed by atoms with Crippen LogP contribution in [0.1, 0.15) is 22.8 Å². The number of rotatable bonds is 1. The molecule has 7 heteroatoms. The predicted molar refractivity (Wildman–Crippen MR) is 70.5 cm³/mol.